The lowest BCUT2D eigenvalue weighted by Crippen LogP contribution is -2.45. The predicted octanol–water partition coefficient (Wildman–Crippen LogP) is -0.421. The van der Waals surface area contributed by atoms with Gasteiger partial charge in [0, 0.05) is 26.5 Å². The van der Waals surface area contributed by atoms with Crippen LogP contribution in [0.25, 0.3) is 0 Å². The maximum atomic E-state index is 5.34. The number of aliphatic imine (C=N–C) groups is 1. The third kappa shape index (κ3) is 2.94. The summed E-state index contributed by atoms with van der Waals surface area (Å²) < 4.78 is 5.34. The zero-order valence-electron chi connectivity index (χ0n) is 9.57. The molecule has 6 heteroatoms. The number of hydrazine groups is 2. The van der Waals surface area contributed by atoms with E-state index in [4.69, 9.17) is 4.74 Å². The van der Waals surface area contributed by atoms with Gasteiger partial charge in [-0.3, -0.25) is 5.01 Å². The number of hydrogen-bond donors (Lipinski definition) is 3. The lowest BCUT2D eigenvalue weighted by molar-refractivity contribution is 0.0470. The van der Waals surface area contributed by atoms with Crippen molar-refractivity contribution in [2.45, 2.75) is 18.9 Å². The number of rotatable bonds is 4. The highest BCUT2D eigenvalue weighted by Crippen LogP contribution is 2.11. The Balaban J connectivity index is 1.88. The lowest BCUT2D eigenvalue weighted by atomic mass is 10.1. The summed E-state index contributed by atoms with van der Waals surface area (Å²) in [4.78, 5) is 4.40. The first-order valence-electron chi connectivity index (χ1n) is 5.65. The molecule has 0 spiro atoms. The van der Waals surface area contributed by atoms with E-state index >= 15 is 0 Å². The van der Waals surface area contributed by atoms with Crippen molar-refractivity contribution in [3.05, 3.63) is 11.9 Å². The van der Waals surface area contributed by atoms with Gasteiger partial charge in [-0.15, -0.1) is 0 Å². The minimum atomic E-state index is 0.477. The van der Waals surface area contributed by atoms with Crippen molar-refractivity contribution >= 4 is 6.34 Å². The Morgan fingerprint density at radius 1 is 1.56 bits per heavy atom. The molecule has 0 amide bonds. The second-order valence-electron chi connectivity index (χ2n) is 3.85. The van der Waals surface area contributed by atoms with Gasteiger partial charge in [-0.2, -0.15) is 0 Å². The van der Waals surface area contributed by atoms with Crippen LogP contribution in [0.5, 0.6) is 0 Å². The van der Waals surface area contributed by atoms with E-state index in [1.807, 2.05) is 19.6 Å². The average Bonchev–Trinajstić information content (AvgIpc) is 2.84. The van der Waals surface area contributed by atoms with Crippen molar-refractivity contribution in [2.24, 2.45) is 4.99 Å². The Labute approximate surface area is 95.7 Å². The van der Waals surface area contributed by atoms with Gasteiger partial charge in [-0.05, 0) is 12.8 Å². The van der Waals surface area contributed by atoms with Crippen LogP contribution in [0.1, 0.15) is 12.8 Å². The van der Waals surface area contributed by atoms with Crippen molar-refractivity contribution in [3.8, 4) is 0 Å². The monoisotopic (exact) mass is 225 g/mol. The largest absolute Gasteiger partial charge is 0.381 e. The van der Waals surface area contributed by atoms with Gasteiger partial charge in [0.1, 0.15) is 6.34 Å². The van der Waals surface area contributed by atoms with Gasteiger partial charge < -0.3 is 10.2 Å². The summed E-state index contributed by atoms with van der Waals surface area (Å²) in [5.41, 5.74) is 10.1. The summed E-state index contributed by atoms with van der Waals surface area (Å²) in [6, 6.07) is 0.477. The summed E-state index contributed by atoms with van der Waals surface area (Å²) in [6.45, 7) is 2.44. The van der Waals surface area contributed by atoms with Crippen molar-refractivity contribution in [1.29, 1.82) is 0 Å². The Morgan fingerprint density at radius 3 is 3.00 bits per heavy atom. The zero-order valence-corrected chi connectivity index (χ0v) is 9.57. The maximum absolute atomic E-state index is 5.34. The molecule has 1 fully saturated rings. The molecule has 0 aromatic rings. The quantitative estimate of drug-likeness (QED) is 0.344. The topological polar surface area (TPSA) is 60.9 Å². The first-order valence-corrected chi connectivity index (χ1v) is 5.65. The molecule has 0 saturated carbocycles. The van der Waals surface area contributed by atoms with Crippen molar-refractivity contribution < 1.29 is 4.74 Å². The first kappa shape index (κ1) is 11.4. The molecule has 0 aliphatic carbocycles. The summed E-state index contributed by atoms with van der Waals surface area (Å²) in [5, 5.41) is 2.06. The minimum Gasteiger partial charge on any atom is -0.381 e. The maximum Gasteiger partial charge on any atom is 0.105 e. The van der Waals surface area contributed by atoms with Gasteiger partial charge in [0.15, 0.2) is 0 Å². The van der Waals surface area contributed by atoms with Gasteiger partial charge in [0.05, 0.1) is 18.3 Å². The molecule has 0 radical (unpaired) electrons. The molecular weight excluding hydrogens is 206 g/mol. The fourth-order valence-corrected chi connectivity index (χ4v) is 1.84. The van der Waals surface area contributed by atoms with Crippen molar-refractivity contribution in [1.82, 2.24) is 21.3 Å². The summed E-state index contributed by atoms with van der Waals surface area (Å²) in [7, 11) is 1.92. The van der Waals surface area contributed by atoms with Gasteiger partial charge >= 0.3 is 0 Å². The summed E-state index contributed by atoms with van der Waals surface area (Å²) in [5.74, 6) is 0. The van der Waals surface area contributed by atoms with Crippen LogP contribution in [0, 0.1) is 0 Å². The Bertz CT molecular complexity index is 272. The second-order valence-corrected chi connectivity index (χ2v) is 3.85. The molecule has 90 valence electrons. The smallest absolute Gasteiger partial charge is 0.105 e. The molecule has 2 rings (SSSR count). The Hall–Kier alpha value is -1.11. The van der Waals surface area contributed by atoms with Crippen LogP contribution in [0.4, 0.5) is 0 Å². The lowest BCUT2D eigenvalue weighted by Gasteiger charge is -2.31. The predicted molar refractivity (Wildman–Crippen MR) is 62.5 cm³/mol. The fraction of sp³-hybridized carbons (Fsp3) is 0.700. The molecule has 0 aromatic heterocycles. The van der Waals surface area contributed by atoms with E-state index in [0.717, 1.165) is 38.3 Å². The standard InChI is InChI=1S/C10H19N5O/c1-11-15(10-2-4-16-5-3-10)8-12-9-6-13-14-7-9/h6,8,10-11,13-14H,2-5,7H2,1H3/b12-8-. The fourth-order valence-electron chi connectivity index (χ4n) is 1.84. The van der Waals surface area contributed by atoms with Gasteiger partial charge in [0.2, 0.25) is 0 Å². The van der Waals surface area contributed by atoms with Gasteiger partial charge in [0.25, 0.3) is 0 Å². The van der Waals surface area contributed by atoms with Crippen LogP contribution < -0.4 is 16.3 Å². The van der Waals surface area contributed by atoms with Gasteiger partial charge in [-0.1, -0.05) is 0 Å². The van der Waals surface area contributed by atoms with E-state index < -0.39 is 0 Å². The molecule has 0 aromatic carbocycles. The Morgan fingerprint density at radius 2 is 2.38 bits per heavy atom. The number of ether oxygens (including phenoxy) is 1. The minimum absolute atomic E-state index is 0.477. The third-order valence-corrected chi connectivity index (χ3v) is 2.80. The molecule has 1 saturated heterocycles. The van der Waals surface area contributed by atoms with E-state index in [9.17, 15) is 0 Å². The molecule has 3 N–H and O–H groups in total. The highest BCUT2D eigenvalue weighted by atomic mass is 16.5. The highest BCUT2D eigenvalue weighted by Gasteiger charge is 2.18. The SMILES string of the molecule is CNN(/C=N\C1=CNNC1)C1CCOCC1. The van der Waals surface area contributed by atoms with Crippen molar-refractivity contribution in [2.75, 3.05) is 26.8 Å². The molecule has 16 heavy (non-hydrogen) atoms. The van der Waals surface area contributed by atoms with Crippen LogP contribution in [0.2, 0.25) is 0 Å². The number of hydrogen-bond acceptors (Lipinski definition) is 5. The van der Waals surface area contributed by atoms with Crippen LogP contribution in [-0.2, 0) is 4.74 Å². The number of nitrogens with zero attached hydrogens (tertiary/aromatic N) is 2. The Kier molecular flexibility index (Phi) is 4.15. The van der Waals surface area contributed by atoms with E-state index in [-0.39, 0.29) is 0 Å². The van der Waals surface area contributed by atoms with Crippen LogP contribution in [0.3, 0.4) is 0 Å². The molecule has 0 unspecified atom stereocenters. The molecule has 2 heterocycles. The van der Waals surface area contributed by atoms with E-state index in [1.54, 1.807) is 0 Å². The number of nitrogens with one attached hydrogen (secondary N) is 3. The normalized spacial score (nSPS) is 22.2. The molecule has 2 aliphatic heterocycles. The second kappa shape index (κ2) is 5.83. The zero-order chi connectivity index (χ0) is 11.2. The highest BCUT2D eigenvalue weighted by molar-refractivity contribution is 5.56. The molecule has 0 atom stereocenters. The van der Waals surface area contributed by atoms with E-state index in [0.29, 0.717) is 6.04 Å². The third-order valence-electron chi connectivity index (χ3n) is 2.80. The van der Waals surface area contributed by atoms with E-state index in [1.165, 1.54) is 0 Å². The van der Waals surface area contributed by atoms with Crippen LogP contribution in [-0.4, -0.2) is 44.2 Å². The molecule has 6 nitrogen and oxygen atoms in total. The van der Waals surface area contributed by atoms with Crippen molar-refractivity contribution in [3.63, 3.8) is 0 Å². The van der Waals surface area contributed by atoms with Crippen LogP contribution >= 0.6 is 0 Å². The first-order chi connectivity index (χ1) is 7.90. The summed E-state index contributed by atoms with van der Waals surface area (Å²) >= 11 is 0. The molecule has 0 bridgehead atoms. The summed E-state index contributed by atoms with van der Waals surface area (Å²) in [6.07, 6.45) is 5.82. The molecular formula is C10H19N5O. The van der Waals surface area contributed by atoms with Crippen LogP contribution in [0.15, 0.2) is 16.9 Å². The molecule has 2 aliphatic rings. The average molecular weight is 225 g/mol. The van der Waals surface area contributed by atoms with E-state index in [2.05, 4.69) is 26.3 Å². The van der Waals surface area contributed by atoms with Gasteiger partial charge in [-0.25, -0.2) is 15.8 Å².